The van der Waals surface area contributed by atoms with Gasteiger partial charge in [0.1, 0.15) is 23.1 Å². The SMILES string of the molecule is COc1ccc(Cl)cc1Nc1cc(C(=O)NC(C)C)nc(C)n1. The zero-order valence-electron chi connectivity index (χ0n) is 13.5. The van der Waals surface area contributed by atoms with Gasteiger partial charge in [0.15, 0.2) is 0 Å². The molecule has 0 bridgehead atoms. The van der Waals surface area contributed by atoms with Gasteiger partial charge in [-0.2, -0.15) is 0 Å². The summed E-state index contributed by atoms with van der Waals surface area (Å²) in [6.45, 7) is 5.51. The molecule has 0 aliphatic rings. The Morgan fingerprint density at radius 2 is 2.00 bits per heavy atom. The quantitative estimate of drug-likeness (QED) is 0.877. The summed E-state index contributed by atoms with van der Waals surface area (Å²) in [5.74, 6) is 1.36. The van der Waals surface area contributed by atoms with Crippen molar-refractivity contribution in [1.29, 1.82) is 0 Å². The highest BCUT2D eigenvalue weighted by atomic mass is 35.5. The molecule has 0 fully saturated rings. The van der Waals surface area contributed by atoms with Crippen molar-refractivity contribution < 1.29 is 9.53 Å². The number of carbonyl (C=O) groups is 1. The number of halogens is 1. The maximum atomic E-state index is 12.1. The predicted molar refractivity (Wildman–Crippen MR) is 90.7 cm³/mol. The average molecular weight is 335 g/mol. The standard InChI is InChI=1S/C16H19ClN4O2/c1-9(2)18-16(22)13-8-15(20-10(3)19-13)21-12-7-11(17)5-6-14(12)23-4/h5-9H,1-4H3,(H,18,22)(H,19,20,21). The molecule has 7 heteroatoms. The Labute approximate surface area is 140 Å². The maximum absolute atomic E-state index is 12.1. The number of nitrogens with zero attached hydrogens (tertiary/aromatic N) is 2. The van der Waals surface area contributed by atoms with E-state index in [1.54, 1.807) is 38.3 Å². The minimum Gasteiger partial charge on any atom is -0.495 e. The lowest BCUT2D eigenvalue weighted by Gasteiger charge is -2.13. The molecule has 1 aromatic heterocycles. The number of methoxy groups -OCH3 is 1. The number of rotatable bonds is 5. The van der Waals surface area contributed by atoms with Crippen LogP contribution in [0.2, 0.25) is 5.02 Å². The summed E-state index contributed by atoms with van der Waals surface area (Å²) >= 11 is 6.02. The predicted octanol–water partition coefficient (Wildman–Crippen LogP) is 3.33. The fraction of sp³-hybridized carbons (Fsp3) is 0.312. The Balaban J connectivity index is 2.32. The van der Waals surface area contributed by atoms with E-state index in [-0.39, 0.29) is 11.9 Å². The number of aryl methyl sites for hydroxylation is 1. The third-order valence-corrected chi connectivity index (χ3v) is 3.15. The van der Waals surface area contributed by atoms with Crippen LogP contribution in [-0.2, 0) is 0 Å². The van der Waals surface area contributed by atoms with Crippen molar-refractivity contribution in [3.63, 3.8) is 0 Å². The second-order valence-electron chi connectivity index (χ2n) is 5.28. The Morgan fingerprint density at radius 1 is 1.26 bits per heavy atom. The fourth-order valence-electron chi connectivity index (χ4n) is 2.00. The van der Waals surface area contributed by atoms with E-state index in [4.69, 9.17) is 16.3 Å². The highest BCUT2D eigenvalue weighted by Gasteiger charge is 2.13. The molecule has 0 atom stereocenters. The Hall–Kier alpha value is -2.34. The molecule has 2 N–H and O–H groups in total. The molecular formula is C16H19ClN4O2. The molecule has 1 heterocycles. The van der Waals surface area contributed by atoms with Crippen LogP contribution in [0.25, 0.3) is 0 Å². The van der Waals surface area contributed by atoms with Crippen LogP contribution >= 0.6 is 11.6 Å². The molecule has 23 heavy (non-hydrogen) atoms. The van der Waals surface area contributed by atoms with Crippen LogP contribution in [-0.4, -0.2) is 29.0 Å². The molecule has 2 rings (SSSR count). The molecule has 0 aliphatic heterocycles. The molecule has 0 spiro atoms. The van der Waals surface area contributed by atoms with Gasteiger partial charge in [-0.3, -0.25) is 4.79 Å². The van der Waals surface area contributed by atoms with Crippen LogP contribution in [0.4, 0.5) is 11.5 Å². The molecular weight excluding hydrogens is 316 g/mol. The number of carbonyl (C=O) groups excluding carboxylic acids is 1. The first-order valence-corrected chi connectivity index (χ1v) is 7.54. The summed E-state index contributed by atoms with van der Waals surface area (Å²) in [7, 11) is 1.57. The first-order chi connectivity index (χ1) is 10.9. The first-order valence-electron chi connectivity index (χ1n) is 7.16. The lowest BCUT2D eigenvalue weighted by molar-refractivity contribution is 0.0937. The van der Waals surface area contributed by atoms with Gasteiger partial charge in [0, 0.05) is 17.1 Å². The summed E-state index contributed by atoms with van der Waals surface area (Å²) in [6.07, 6.45) is 0. The van der Waals surface area contributed by atoms with Gasteiger partial charge in [-0.05, 0) is 39.0 Å². The van der Waals surface area contributed by atoms with Crippen molar-refractivity contribution in [3.05, 3.63) is 40.8 Å². The van der Waals surface area contributed by atoms with E-state index in [2.05, 4.69) is 20.6 Å². The van der Waals surface area contributed by atoms with Crippen molar-refractivity contribution in [1.82, 2.24) is 15.3 Å². The van der Waals surface area contributed by atoms with Gasteiger partial charge in [0.2, 0.25) is 0 Å². The minimum atomic E-state index is -0.244. The van der Waals surface area contributed by atoms with Gasteiger partial charge in [0.25, 0.3) is 5.91 Å². The number of ether oxygens (including phenoxy) is 1. The lowest BCUT2D eigenvalue weighted by Crippen LogP contribution is -2.31. The summed E-state index contributed by atoms with van der Waals surface area (Å²) in [5, 5.41) is 6.49. The number of anilines is 2. The Morgan fingerprint density at radius 3 is 2.65 bits per heavy atom. The van der Waals surface area contributed by atoms with E-state index in [0.29, 0.717) is 33.8 Å². The molecule has 6 nitrogen and oxygen atoms in total. The summed E-state index contributed by atoms with van der Waals surface area (Å²) in [5.41, 5.74) is 0.961. The molecule has 0 saturated carbocycles. The van der Waals surface area contributed by atoms with Gasteiger partial charge in [-0.25, -0.2) is 9.97 Å². The molecule has 1 aromatic carbocycles. The van der Waals surface area contributed by atoms with Gasteiger partial charge >= 0.3 is 0 Å². The van der Waals surface area contributed by atoms with Crippen molar-refractivity contribution in [2.45, 2.75) is 26.8 Å². The van der Waals surface area contributed by atoms with Crippen LogP contribution in [0.15, 0.2) is 24.3 Å². The van der Waals surface area contributed by atoms with Crippen LogP contribution in [0.5, 0.6) is 5.75 Å². The normalized spacial score (nSPS) is 10.5. The van der Waals surface area contributed by atoms with Crippen molar-refractivity contribution in [3.8, 4) is 5.75 Å². The number of hydrogen-bond donors (Lipinski definition) is 2. The van der Waals surface area contributed by atoms with E-state index < -0.39 is 0 Å². The number of nitrogens with one attached hydrogen (secondary N) is 2. The Kier molecular flexibility index (Phi) is 5.39. The van der Waals surface area contributed by atoms with Crippen LogP contribution < -0.4 is 15.4 Å². The number of amides is 1. The van der Waals surface area contributed by atoms with E-state index in [9.17, 15) is 4.79 Å². The largest absolute Gasteiger partial charge is 0.495 e. The van der Waals surface area contributed by atoms with Gasteiger partial charge in [-0.15, -0.1) is 0 Å². The maximum Gasteiger partial charge on any atom is 0.270 e. The van der Waals surface area contributed by atoms with Crippen LogP contribution in [0.3, 0.4) is 0 Å². The molecule has 1 amide bonds. The van der Waals surface area contributed by atoms with Gasteiger partial charge in [0.05, 0.1) is 12.8 Å². The highest BCUT2D eigenvalue weighted by molar-refractivity contribution is 6.31. The van der Waals surface area contributed by atoms with Crippen LogP contribution in [0, 0.1) is 6.92 Å². The van der Waals surface area contributed by atoms with E-state index in [1.165, 1.54) is 0 Å². The highest BCUT2D eigenvalue weighted by Crippen LogP contribution is 2.30. The van der Waals surface area contributed by atoms with E-state index in [0.717, 1.165) is 0 Å². The zero-order chi connectivity index (χ0) is 17.0. The molecule has 0 unspecified atom stereocenters. The molecule has 122 valence electrons. The van der Waals surface area contributed by atoms with Gasteiger partial charge in [-0.1, -0.05) is 11.6 Å². The smallest absolute Gasteiger partial charge is 0.270 e. The molecule has 2 aromatic rings. The fourth-order valence-corrected chi connectivity index (χ4v) is 2.17. The summed E-state index contributed by atoms with van der Waals surface area (Å²) < 4.78 is 5.29. The van der Waals surface area contributed by atoms with Crippen LogP contribution in [0.1, 0.15) is 30.2 Å². The molecule has 0 saturated heterocycles. The zero-order valence-corrected chi connectivity index (χ0v) is 14.2. The lowest BCUT2D eigenvalue weighted by atomic mass is 10.2. The van der Waals surface area contributed by atoms with Crippen molar-refractivity contribution >= 4 is 29.0 Å². The van der Waals surface area contributed by atoms with Crippen molar-refractivity contribution in [2.24, 2.45) is 0 Å². The topological polar surface area (TPSA) is 76.1 Å². The third kappa shape index (κ3) is 4.56. The molecule has 0 aliphatic carbocycles. The molecule has 0 radical (unpaired) electrons. The minimum absolute atomic E-state index is 0.0298. The third-order valence-electron chi connectivity index (χ3n) is 2.91. The number of aromatic nitrogens is 2. The first kappa shape index (κ1) is 17.0. The van der Waals surface area contributed by atoms with E-state index >= 15 is 0 Å². The van der Waals surface area contributed by atoms with E-state index in [1.807, 2.05) is 13.8 Å². The number of benzene rings is 1. The second kappa shape index (κ2) is 7.28. The van der Waals surface area contributed by atoms with Crippen molar-refractivity contribution in [2.75, 3.05) is 12.4 Å². The monoisotopic (exact) mass is 334 g/mol. The second-order valence-corrected chi connectivity index (χ2v) is 5.72. The summed E-state index contributed by atoms with van der Waals surface area (Å²) in [6, 6.07) is 6.84. The number of hydrogen-bond acceptors (Lipinski definition) is 5. The summed E-state index contributed by atoms with van der Waals surface area (Å²) in [4.78, 5) is 20.6. The van der Waals surface area contributed by atoms with Gasteiger partial charge < -0.3 is 15.4 Å². The Bertz CT molecular complexity index is 719. The average Bonchev–Trinajstić information content (AvgIpc) is 2.46.